The molecule has 0 aliphatic heterocycles. The van der Waals surface area contributed by atoms with Crippen molar-refractivity contribution < 1.29 is 4.18 Å². The summed E-state index contributed by atoms with van der Waals surface area (Å²) in [4.78, 5) is 0. The molecule has 1 nitrogen and oxygen atoms in total. The monoisotopic (exact) mass is 218 g/mol. The molecule has 0 aliphatic carbocycles. The van der Waals surface area contributed by atoms with E-state index in [1.807, 2.05) is 0 Å². The summed E-state index contributed by atoms with van der Waals surface area (Å²) in [5, 5.41) is 0. The summed E-state index contributed by atoms with van der Waals surface area (Å²) in [6.07, 6.45) is 10.6. The fourth-order valence-electron chi connectivity index (χ4n) is 1.55. The zero-order valence-corrected chi connectivity index (χ0v) is 10.9. The summed E-state index contributed by atoms with van der Waals surface area (Å²) in [6.45, 7) is 6.45. The molecule has 0 saturated carbocycles. The van der Waals surface area contributed by atoms with Crippen LogP contribution >= 0.6 is 12.9 Å². The van der Waals surface area contributed by atoms with E-state index in [4.69, 9.17) is 4.18 Å². The lowest BCUT2D eigenvalue weighted by Gasteiger charge is -2.20. The third-order valence-corrected chi connectivity index (χ3v) is 3.12. The SMILES string of the molecule is CCCCCCCCCC(C)(C)OS. The minimum atomic E-state index is -0.0491. The quantitative estimate of drug-likeness (QED) is 0.333. The van der Waals surface area contributed by atoms with Crippen LogP contribution in [0, 0.1) is 0 Å². The van der Waals surface area contributed by atoms with Crippen LogP contribution in [-0.4, -0.2) is 5.60 Å². The number of rotatable bonds is 9. The van der Waals surface area contributed by atoms with Crippen molar-refractivity contribution in [1.82, 2.24) is 0 Å². The number of unbranched alkanes of at least 4 members (excludes halogenated alkanes) is 6. The molecule has 86 valence electrons. The normalized spacial score (nSPS) is 12.0. The molecule has 0 bridgehead atoms. The smallest absolute Gasteiger partial charge is 0.0769 e. The van der Waals surface area contributed by atoms with E-state index in [0.717, 1.165) is 6.42 Å². The van der Waals surface area contributed by atoms with Crippen molar-refractivity contribution in [3.8, 4) is 0 Å². The van der Waals surface area contributed by atoms with Crippen molar-refractivity contribution >= 4 is 12.9 Å². The van der Waals surface area contributed by atoms with Gasteiger partial charge in [0.05, 0.1) is 5.60 Å². The first-order valence-corrected chi connectivity index (χ1v) is 6.31. The topological polar surface area (TPSA) is 9.23 Å². The van der Waals surface area contributed by atoms with Gasteiger partial charge in [0.1, 0.15) is 0 Å². The molecule has 0 N–H and O–H groups in total. The summed E-state index contributed by atoms with van der Waals surface area (Å²) in [7, 11) is 0. The average molecular weight is 218 g/mol. The van der Waals surface area contributed by atoms with Gasteiger partial charge in [-0.15, -0.1) is 0 Å². The van der Waals surface area contributed by atoms with E-state index in [-0.39, 0.29) is 5.60 Å². The van der Waals surface area contributed by atoms with Crippen molar-refractivity contribution in [2.45, 2.75) is 77.7 Å². The Labute approximate surface area is 95.2 Å². The summed E-state index contributed by atoms with van der Waals surface area (Å²) in [6, 6.07) is 0. The van der Waals surface area contributed by atoms with Gasteiger partial charge in [-0.2, -0.15) is 0 Å². The molecule has 0 atom stereocenters. The molecule has 0 saturated heterocycles. The maximum atomic E-state index is 5.08. The van der Waals surface area contributed by atoms with E-state index in [2.05, 4.69) is 33.7 Å². The standard InChI is InChI=1S/C12H26OS/c1-4-5-6-7-8-9-10-11-12(2,3)13-14/h14H,4-11H2,1-3H3. The molecular weight excluding hydrogens is 192 g/mol. The molecule has 0 aromatic carbocycles. The molecule has 0 unspecified atom stereocenters. The molecule has 0 aromatic rings. The van der Waals surface area contributed by atoms with Crippen LogP contribution in [0.4, 0.5) is 0 Å². The fourth-order valence-corrected chi connectivity index (χ4v) is 1.64. The maximum absolute atomic E-state index is 5.08. The second-order valence-electron chi connectivity index (χ2n) is 4.72. The molecule has 0 rings (SSSR count). The first-order valence-electron chi connectivity index (χ1n) is 5.95. The first-order chi connectivity index (χ1) is 6.62. The minimum absolute atomic E-state index is 0.0491. The van der Waals surface area contributed by atoms with E-state index in [1.54, 1.807) is 0 Å². The van der Waals surface area contributed by atoms with E-state index < -0.39 is 0 Å². The van der Waals surface area contributed by atoms with E-state index in [9.17, 15) is 0 Å². The number of thiol groups is 1. The van der Waals surface area contributed by atoms with Gasteiger partial charge in [-0.05, 0) is 33.2 Å². The molecular formula is C12H26OS. The van der Waals surface area contributed by atoms with E-state index in [0.29, 0.717) is 0 Å². The summed E-state index contributed by atoms with van der Waals surface area (Å²) in [5.74, 6) is 0. The lowest BCUT2D eigenvalue weighted by Crippen LogP contribution is -2.19. The zero-order valence-electron chi connectivity index (χ0n) is 10.0. The third-order valence-electron chi connectivity index (χ3n) is 2.63. The maximum Gasteiger partial charge on any atom is 0.0769 e. The Bertz CT molecular complexity index is 123. The van der Waals surface area contributed by atoms with Gasteiger partial charge in [-0.3, -0.25) is 0 Å². The van der Waals surface area contributed by atoms with Gasteiger partial charge >= 0.3 is 0 Å². The lowest BCUT2D eigenvalue weighted by molar-refractivity contribution is 0.129. The predicted molar refractivity (Wildman–Crippen MR) is 66.8 cm³/mol. The van der Waals surface area contributed by atoms with Gasteiger partial charge in [0.15, 0.2) is 0 Å². The zero-order chi connectivity index (χ0) is 10.9. The van der Waals surface area contributed by atoms with E-state index in [1.165, 1.54) is 44.9 Å². The highest BCUT2D eigenvalue weighted by atomic mass is 32.1. The predicted octanol–water partition coefficient (Wildman–Crippen LogP) is 4.77. The van der Waals surface area contributed by atoms with Crippen LogP contribution in [-0.2, 0) is 4.18 Å². The van der Waals surface area contributed by atoms with Crippen LogP contribution in [0.25, 0.3) is 0 Å². The average Bonchev–Trinajstić information content (AvgIpc) is 2.16. The van der Waals surface area contributed by atoms with Gasteiger partial charge in [0.25, 0.3) is 0 Å². The lowest BCUT2D eigenvalue weighted by atomic mass is 10.00. The van der Waals surface area contributed by atoms with Gasteiger partial charge in [0, 0.05) is 0 Å². The Kier molecular flexibility index (Phi) is 8.80. The Morgan fingerprint density at radius 1 is 0.929 bits per heavy atom. The third kappa shape index (κ3) is 8.89. The Balaban J connectivity index is 3.13. The molecule has 0 aromatic heterocycles. The number of hydrogen-bond donors (Lipinski definition) is 1. The molecule has 0 heterocycles. The van der Waals surface area contributed by atoms with Gasteiger partial charge in [-0.1, -0.05) is 51.9 Å². The Morgan fingerprint density at radius 2 is 1.43 bits per heavy atom. The molecule has 0 amide bonds. The van der Waals surface area contributed by atoms with Gasteiger partial charge < -0.3 is 4.18 Å². The van der Waals surface area contributed by atoms with Crippen LogP contribution in [0.15, 0.2) is 0 Å². The van der Waals surface area contributed by atoms with Crippen LogP contribution in [0.5, 0.6) is 0 Å². The largest absolute Gasteiger partial charge is 0.313 e. The molecule has 0 radical (unpaired) electrons. The second kappa shape index (κ2) is 8.60. The molecule has 2 heteroatoms. The summed E-state index contributed by atoms with van der Waals surface area (Å²) in [5.41, 5.74) is -0.0491. The van der Waals surface area contributed by atoms with Crippen molar-refractivity contribution in [1.29, 1.82) is 0 Å². The van der Waals surface area contributed by atoms with Crippen LogP contribution in [0.3, 0.4) is 0 Å². The van der Waals surface area contributed by atoms with Crippen molar-refractivity contribution in [2.75, 3.05) is 0 Å². The molecule has 0 fully saturated rings. The fraction of sp³-hybridized carbons (Fsp3) is 1.00. The van der Waals surface area contributed by atoms with Crippen molar-refractivity contribution in [3.63, 3.8) is 0 Å². The summed E-state index contributed by atoms with van der Waals surface area (Å²) >= 11 is 3.87. The van der Waals surface area contributed by atoms with Crippen molar-refractivity contribution in [3.05, 3.63) is 0 Å². The Morgan fingerprint density at radius 3 is 1.93 bits per heavy atom. The summed E-state index contributed by atoms with van der Waals surface area (Å²) < 4.78 is 5.08. The number of hydrogen-bond acceptors (Lipinski definition) is 2. The first kappa shape index (κ1) is 14.3. The van der Waals surface area contributed by atoms with E-state index >= 15 is 0 Å². The van der Waals surface area contributed by atoms with Crippen LogP contribution in [0.1, 0.15) is 72.1 Å². The highest BCUT2D eigenvalue weighted by Crippen LogP contribution is 2.20. The highest BCUT2D eigenvalue weighted by molar-refractivity contribution is 7.75. The van der Waals surface area contributed by atoms with Crippen molar-refractivity contribution in [2.24, 2.45) is 0 Å². The minimum Gasteiger partial charge on any atom is -0.313 e. The highest BCUT2D eigenvalue weighted by Gasteiger charge is 2.15. The molecule has 0 spiro atoms. The Hall–Kier alpha value is 0.310. The molecule has 0 aliphatic rings. The van der Waals surface area contributed by atoms with Crippen LogP contribution in [0.2, 0.25) is 0 Å². The molecule has 14 heavy (non-hydrogen) atoms. The van der Waals surface area contributed by atoms with Gasteiger partial charge in [0.2, 0.25) is 0 Å². The van der Waals surface area contributed by atoms with Crippen LogP contribution < -0.4 is 0 Å². The second-order valence-corrected chi connectivity index (χ2v) is 4.90. The van der Waals surface area contributed by atoms with Gasteiger partial charge in [-0.25, -0.2) is 0 Å².